The maximum atomic E-state index is 4.54. The summed E-state index contributed by atoms with van der Waals surface area (Å²) in [5, 5.41) is 3.43. The molecule has 0 atom stereocenters. The number of nitrogens with one attached hydrogen (secondary N) is 1. The molecule has 1 fully saturated rings. The summed E-state index contributed by atoms with van der Waals surface area (Å²) in [6.07, 6.45) is 5.27. The highest BCUT2D eigenvalue weighted by Crippen LogP contribution is 2.33. The van der Waals surface area contributed by atoms with Crippen molar-refractivity contribution in [2.45, 2.75) is 39.7 Å². The Bertz CT molecular complexity index is 431. The lowest BCUT2D eigenvalue weighted by atomic mass is 9.82. The van der Waals surface area contributed by atoms with Gasteiger partial charge in [0.25, 0.3) is 0 Å². The number of rotatable bonds is 1. The van der Waals surface area contributed by atoms with E-state index < -0.39 is 0 Å². The van der Waals surface area contributed by atoms with Gasteiger partial charge in [0.1, 0.15) is 12.1 Å². The molecule has 1 N–H and O–H groups in total. The minimum Gasteiger partial charge on any atom is -0.356 e. The molecule has 0 saturated carbocycles. The van der Waals surface area contributed by atoms with Crippen LogP contribution in [0.3, 0.4) is 0 Å². The first-order valence-electron chi connectivity index (χ1n) is 6.94. The van der Waals surface area contributed by atoms with Gasteiger partial charge in [-0.15, -0.1) is 0 Å². The van der Waals surface area contributed by atoms with Crippen molar-refractivity contribution >= 4 is 5.82 Å². The predicted octanol–water partition coefficient (Wildman–Crippen LogP) is 1.75. The fourth-order valence-electron chi connectivity index (χ4n) is 2.85. The zero-order chi connectivity index (χ0) is 12.6. The van der Waals surface area contributed by atoms with Gasteiger partial charge in [0.15, 0.2) is 0 Å². The largest absolute Gasteiger partial charge is 0.356 e. The second kappa shape index (κ2) is 4.50. The highest BCUT2D eigenvalue weighted by Gasteiger charge is 2.28. The molecule has 0 aromatic carbocycles. The molecule has 1 aromatic rings. The van der Waals surface area contributed by atoms with Crippen molar-refractivity contribution in [3.05, 3.63) is 17.6 Å². The summed E-state index contributed by atoms with van der Waals surface area (Å²) < 4.78 is 0. The van der Waals surface area contributed by atoms with Crippen molar-refractivity contribution in [2.24, 2.45) is 5.41 Å². The van der Waals surface area contributed by atoms with Gasteiger partial charge in [0.2, 0.25) is 0 Å². The van der Waals surface area contributed by atoms with Gasteiger partial charge in [-0.1, -0.05) is 13.8 Å². The van der Waals surface area contributed by atoms with Crippen molar-refractivity contribution in [1.82, 2.24) is 15.3 Å². The molecular weight excluding hydrogens is 224 g/mol. The van der Waals surface area contributed by atoms with Gasteiger partial charge in [-0.3, -0.25) is 0 Å². The van der Waals surface area contributed by atoms with E-state index in [-0.39, 0.29) is 0 Å². The quantitative estimate of drug-likeness (QED) is 0.819. The van der Waals surface area contributed by atoms with Crippen LogP contribution in [0.15, 0.2) is 6.33 Å². The van der Waals surface area contributed by atoms with Crippen LogP contribution in [0.5, 0.6) is 0 Å². The highest BCUT2D eigenvalue weighted by atomic mass is 15.2. The van der Waals surface area contributed by atoms with Gasteiger partial charge in [0, 0.05) is 38.2 Å². The molecule has 3 rings (SSSR count). The Morgan fingerprint density at radius 1 is 1.22 bits per heavy atom. The second-order valence-electron chi connectivity index (χ2n) is 6.20. The molecule has 0 radical (unpaired) electrons. The second-order valence-corrected chi connectivity index (χ2v) is 6.20. The number of nitrogens with zero attached hydrogens (tertiary/aromatic N) is 3. The standard InChI is InChI=1S/C14H22N4/c1-14(2)4-7-18(8-5-14)13-11-9-15-6-3-12(11)16-10-17-13/h10,15H,3-9H2,1-2H3. The van der Waals surface area contributed by atoms with E-state index in [1.807, 2.05) is 0 Å². The summed E-state index contributed by atoms with van der Waals surface area (Å²) in [5.41, 5.74) is 3.05. The summed E-state index contributed by atoms with van der Waals surface area (Å²) in [6.45, 7) is 8.93. The average molecular weight is 246 g/mol. The van der Waals surface area contributed by atoms with Crippen molar-refractivity contribution in [3.63, 3.8) is 0 Å². The first-order valence-corrected chi connectivity index (χ1v) is 6.94. The average Bonchev–Trinajstić information content (AvgIpc) is 2.38. The van der Waals surface area contributed by atoms with Crippen LogP contribution >= 0.6 is 0 Å². The van der Waals surface area contributed by atoms with Crippen molar-refractivity contribution < 1.29 is 0 Å². The third-order valence-corrected chi connectivity index (χ3v) is 4.27. The fourth-order valence-corrected chi connectivity index (χ4v) is 2.85. The summed E-state index contributed by atoms with van der Waals surface area (Å²) in [5.74, 6) is 1.17. The summed E-state index contributed by atoms with van der Waals surface area (Å²) >= 11 is 0. The van der Waals surface area contributed by atoms with Gasteiger partial charge >= 0.3 is 0 Å². The number of piperidine rings is 1. The van der Waals surface area contributed by atoms with Crippen LogP contribution in [0.1, 0.15) is 37.9 Å². The van der Waals surface area contributed by atoms with E-state index in [2.05, 4.69) is 34.0 Å². The molecule has 2 aliphatic heterocycles. The van der Waals surface area contributed by atoms with Gasteiger partial charge in [-0.2, -0.15) is 0 Å². The summed E-state index contributed by atoms with van der Waals surface area (Å²) in [7, 11) is 0. The number of aromatic nitrogens is 2. The van der Waals surface area contributed by atoms with Crippen LogP contribution in [0.4, 0.5) is 5.82 Å². The Balaban J connectivity index is 1.85. The van der Waals surface area contributed by atoms with Crippen LogP contribution in [0.25, 0.3) is 0 Å². The van der Waals surface area contributed by atoms with E-state index in [0.29, 0.717) is 5.41 Å². The maximum Gasteiger partial charge on any atom is 0.136 e. The molecule has 0 spiro atoms. The molecule has 0 amide bonds. The molecule has 1 saturated heterocycles. The maximum absolute atomic E-state index is 4.54. The lowest BCUT2D eigenvalue weighted by Crippen LogP contribution is -2.39. The van der Waals surface area contributed by atoms with E-state index in [1.165, 1.54) is 29.9 Å². The van der Waals surface area contributed by atoms with Crippen molar-refractivity contribution in [2.75, 3.05) is 24.5 Å². The molecule has 4 heteroatoms. The van der Waals surface area contributed by atoms with Crippen molar-refractivity contribution in [1.29, 1.82) is 0 Å². The smallest absolute Gasteiger partial charge is 0.136 e. The van der Waals surface area contributed by atoms with Crippen LogP contribution in [-0.2, 0) is 13.0 Å². The summed E-state index contributed by atoms with van der Waals surface area (Å²) in [4.78, 5) is 11.4. The first kappa shape index (κ1) is 11.9. The Morgan fingerprint density at radius 2 is 2.00 bits per heavy atom. The summed E-state index contributed by atoms with van der Waals surface area (Å²) in [6, 6.07) is 0. The van der Waals surface area contributed by atoms with Crippen LogP contribution < -0.4 is 10.2 Å². The lowest BCUT2D eigenvalue weighted by molar-refractivity contribution is 0.278. The molecular formula is C14H22N4. The van der Waals surface area contributed by atoms with Crippen LogP contribution in [0, 0.1) is 5.41 Å². The Kier molecular flexibility index (Phi) is 2.98. The number of hydrogen-bond donors (Lipinski definition) is 1. The number of hydrogen-bond acceptors (Lipinski definition) is 4. The topological polar surface area (TPSA) is 41.1 Å². The Labute approximate surface area is 109 Å². The van der Waals surface area contributed by atoms with E-state index in [1.54, 1.807) is 6.33 Å². The molecule has 2 aliphatic rings. The molecule has 1 aromatic heterocycles. The normalized spacial score (nSPS) is 22.7. The van der Waals surface area contributed by atoms with Gasteiger partial charge in [-0.25, -0.2) is 9.97 Å². The fraction of sp³-hybridized carbons (Fsp3) is 0.714. The molecule has 0 unspecified atom stereocenters. The predicted molar refractivity (Wildman–Crippen MR) is 72.7 cm³/mol. The minimum absolute atomic E-state index is 0.488. The molecule has 0 aliphatic carbocycles. The SMILES string of the molecule is CC1(C)CCN(c2ncnc3c2CNCC3)CC1. The van der Waals surface area contributed by atoms with Crippen LogP contribution in [-0.4, -0.2) is 29.6 Å². The molecule has 0 bridgehead atoms. The third kappa shape index (κ3) is 2.21. The Hall–Kier alpha value is -1.16. The van der Waals surface area contributed by atoms with Gasteiger partial charge in [0.05, 0.1) is 5.69 Å². The van der Waals surface area contributed by atoms with E-state index in [9.17, 15) is 0 Å². The van der Waals surface area contributed by atoms with Gasteiger partial charge < -0.3 is 10.2 Å². The number of anilines is 1. The molecule has 4 nitrogen and oxygen atoms in total. The van der Waals surface area contributed by atoms with Crippen molar-refractivity contribution in [3.8, 4) is 0 Å². The lowest BCUT2D eigenvalue weighted by Gasteiger charge is -2.38. The monoisotopic (exact) mass is 246 g/mol. The number of fused-ring (bicyclic) bond motifs is 1. The Morgan fingerprint density at radius 3 is 2.78 bits per heavy atom. The molecule has 98 valence electrons. The molecule has 18 heavy (non-hydrogen) atoms. The van der Waals surface area contributed by atoms with Crippen LogP contribution in [0.2, 0.25) is 0 Å². The first-order chi connectivity index (χ1) is 8.66. The zero-order valence-electron chi connectivity index (χ0n) is 11.4. The van der Waals surface area contributed by atoms with Gasteiger partial charge in [-0.05, 0) is 18.3 Å². The minimum atomic E-state index is 0.488. The van der Waals surface area contributed by atoms with E-state index >= 15 is 0 Å². The molecule has 3 heterocycles. The third-order valence-electron chi connectivity index (χ3n) is 4.27. The van der Waals surface area contributed by atoms with E-state index in [4.69, 9.17) is 0 Å². The zero-order valence-corrected chi connectivity index (χ0v) is 11.4. The highest BCUT2D eigenvalue weighted by molar-refractivity contribution is 5.49. The van der Waals surface area contributed by atoms with E-state index in [0.717, 1.165) is 32.6 Å².